The van der Waals surface area contributed by atoms with Crippen LogP contribution in [0, 0.1) is 5.92 Å². The standard InChI is InChI=1S/C45H62O4SSi/c1-36(2)19-17-20-37(3)21-18-22-38(4)33-42(50(46,47)41-23-11-8-12-24-41)34-39-29-30-40(48-35-39)31-32-49-51(45(5,6)7,43-25-13-9-14-26-43)44-27-15-10-16-28-44/h8-16,19,21,23-28,33,39-40,42H,17-18,20,22,29-32,34-35H2,1-7H3/b37-21+,38-33+/t39-,40-,42?/m1/s1. The smallest absolute Gasteiger partial charge is 0.261 e. The molecule has 1 heterocycles. The molecule has 51 heavy (non-hydrogen) atoms. The molecule has 1 saturated heterocycles. The fraction of sp³-hybridized carbons (Fsp3) is 0.467. The van der Waals surface area contributed by atoms with Crippen molar-refractivity contribution >= 4 is 28.5 Å². The Bertz CT molecular complexity index is 1640. The van der Waals surface area contributed by atoms with Crippen LogP contribution < -0.4 is 10.4 Å². The van der Waals surface area contributed by atoms with Crippen LogP contribution >= 0.6 is 0 Å². The molecule has 4 rings (SSSR count). The Morgan fingerprint density at radius 1 is 0.804 bits per heavy atom. The van der Waals surface area contributed by atoms with E-state index < -0.39 is 23.4 Å². The summed E-state index contributed by atoms with van der Waals surface area (Å²) in [5.41, 5.74) is 3.87. The Morgan fingerprint density at radius 2 is 1.35 bits per heavy atom. The first-order valence-electron chi connectivity index (χ1n) is 18.9. The zero-order chi connectivity index (χ0) is 36.9. The first-order chi connectivity index (χ1) is 24.3. The number of allylic oxidation sites excluding steroid dienone is 5. The minimum absolute atomic E-state index is 0.0698. The van der Waals surface area contributed by atoms with E-state index in [1.807, 2.05) is 24.3 Å². The van der Waals surface area contributed by atoms with Crippen LogP contribution in [0.2, 0.25) is 5.04 Å². The van der Waals surface area contributed by atoms with Crippen LogP contribution in [0.4, 0.5) is 0 Å². The van der Waals surface area contributed by atoms with Crippen LogP contribution in [0.15, 0.2) is 131 Å². The normalized spacial score (nSPS) is 18.3. The number of hydrogen-bond acceptors (Lipinski definition) is 4. The molecule has 1 unspecified atom stereocenters. The van der Waals surface area contributed by atoms with E-state index in [9.17, 15) is 8.42 Å². The highest BCUT2D eigenvalue weighted by atomic mass is 32.2. The van der Waals surface area contributed by atoms with Crippen molar-refractivity contribution in [3.8, 4) is 0 Å². The second kappa shape index (κ2) is 19.2. The van der Waals surface area contributed by atoms with Gasteiger partial charge in [-0.1, -0.05) is 135 Å². The van der Waals surface area contributed by atoms with Crippen molar-refractivity contribution in [2.45, 2.75) is 121 Å². The van der Waals surface area contributed by atoms with Gasteiger partial charge in [-0.05, 0) is 113 Å². The fourth-order valence-corrected chi connectivity index (χ4v) is 13.8. The highest BCUT2D eigenvalue weighted by molar-refractivity contribution is 7.92. The molecule has 0 aromatic heterocycles. The van der Waals surface area contributed by atoms with Gasteiger partial charge in [-0.15, -0.1) is 0 Å². The van der Waals surface area contributed by atoms with Gasteiger partial charge < -0.3 is 9.16 Å². The summed E-state index contributed by atoms with van der Waals surface area (Å²) >= 11 is 0. The minimum Gasteiger partial charge on any atom is -0.407 e. The van der Waals surface area contributed by atoms with Crippen molar-refractivity contribution in [1.82, 2.24) is 0 Å². The molecule has 1 fully saturated rings. The first-order valence-corrected chi connectivity index (χ1v) is 22.4. The Balaban J connectivity index is 1.40. The maximum atomic E-state index is 14.0. The van der Waals surface area contributed by atoms with Gasteiger partial charge in [0.25, 0.3) is 8.32 Å². The van der Waals surface area contributed by atoms with Gasteiger partial charge in [0.05, 0.1) is 16.2 Å². The van der Waals surface area contributed by atoms with Crippen LogP contribution in [0.3, 0.4) is 0 Å². The molecule has 1 aliphatic heterocycles. The first kappa shape index (κ1) is 40.7. The molecule has 3 atom stereocenters. The van der Waals surface area contributed by atoms with Crippen molar-refractivity contribution in [3.63, 3.8) is 0 Å². The Hall–Kier alpha value is -3.03. The molecule has 3 aromatic carbocycles. The average molecular weight is 727 g/mol. The molecule has 1 aliphatic rings. The third kappa shape index (κ3) is 11.5. The van der Waals surface area contributed by atoms with E-state index in [2.05, 4.69) is 121 Å². The molecule has 0 amide bonds. The van der Waals surface area contributed by atoms with Crippen molar-refractivity contribution in [3.05, 3.63) is 126 Å². The lowest BCUT2D eigenvalue weighted by Gasteiger charge is -2.43. The van der Waals surface area contributed by atoms with Gasteiger partial charge in [0, 0.05) is 13.2 Å². The van der Waals surface area contributed by atoms with Crippen LogP contribution in [0.5, 0.6) is 0 Å². The molecule has 6 heteroatoms. The predicted molar refractivity (Wildman–Crippen MR) is 218 cm³/mol. The summed E-state index contributed by atoms with van der Waals surface area (Å²) in [4.78, 5) is 0.393. The number of hydrogen-bond donors (Lipinski definition) is 0. The highest BCUT2D eigenvalue weighted by Crippen LogP contribution is 2.37. The molecule has 4 nitrogen and oxygen atoms in total. The maximum Gasteiger partial charge on any atom is 0.261 e. The van der Waals surface area contributed by atoms with E-state index >= 15 is 0 Å². The summed E-state index contributed by atoms with van der Waals surface area (Å²) < 4.78 is 41.6. The molecule has 0 spiro atoms. The second-order valence-electron chi connectivity index (χ2n) is 15.8. The molecule has 0 bridgehead atoms. The maximum absolute atomic E-state index is 14.0. The summed E-state index contributed by atoms with van der Waals surface area (Å²) in [5.74, 6) is 0.184. The van der Waals surface area contributed by atoms with Crippen molar-refractivity contribution in [1.29, 1.82) is 0 Å². The fourth-order valence-electron chi connectivity index (χ4n) is 7.41. The van der Waals surface area contributed by atoms with Gasteiger partial charge in [-0.2, -0.15) is 0 Å². The largest absolute Gasteiger partial charge is 0.407 e. The molecule has 0 aliphatic carbocycles. The molecule has 0 saturated carbocycles. The van der Waals surface area contributed by atoms with Gasteiger partial charge in [0.1, 0.15) is 0 Å². The Kier molecular flexibility index (Phi) is 15.3. The van der Waals surface area contributed by atoms with E-state index in [1.165, 1.54) is 21.5 Å². The quantitative estimate of drug-likeness (QED) is 0.103. The summed E-state index contributed by atoms with van der Waals surface area (Å²) in [6.45, 7) is 16.7. The number of sulfone groups is 1. The Labute approximate surface area is 311 Å². The second-order valence-corrected chi connectivity index (χ2v) is 22.2. The number of benzene rings is 3. The molecular formula is C45H62O4SSi. The van der Waals surface area contributed by atoms with Crippen molar-refractivity contribution in [2.75, 3.05) is 13.2 Å². The lowest BCUT2D eigenvalue weighted by Crippen LogP contribution is -2.66. The summed E-state index contributed by atoms with van der Waals surface area (Å²) in [6.07, 6.45) is 13.9. The lowest BCUT2D eigenvalue weighted by molar-refractivity contribution is -0.0270. The number of rotatable bonds is 17. The SMILES string of the molecule is CC(C)=CCC/C(C)=C/CC/C(C)=C/C(C[C@H]1CC[C@H](CCO[Si](c2ccccc2)(c2ccccc2)C(C)(C)C)OC1)S(=O)(=O)c1ccccc1. The summed E-state index contributed by atoms with van der Waals surface area (Å²) in [7, 11) is -6.14. The molecule has 276 valence electrons. The average Bonchev–Trinajstić information content (AvgIpc) is 3.11. The van der Waals surface area contributed by atoms with E-state index in [0.717, 1.165) is 50.5 Å². The van der Waals surface area contributed by atoms with E-state index in [4.69, 9.17) is 9.16 Å². The third-order valence-electron chi connectivity index (χ3n) is 10.3. The third-order valence-corrected chi connectivity index (χ3v) is 17.4. The van der Waals surface area contributed by atoms with Crippen molar-refractivity contribution < 1.29 is 17.6 Å². The molecule has 0 N–H and O–H groups in total. The molecular weight excluding hydrogens is 665 g/mol. The molecule has 0 radical (unpaired) electrons. The van der Waals surface area contributed by atoms with Crippen molar-refractivity contribution in [2.24, 2.45) is 5.92 Å². The lowest BCUT2D eigenvalue weighted by atomic mass is 9.92. The van der Waals surface area contributed by atoms with Gasteiger partial charge in [0.2, 0.25) is 0 Å². The molecule has 3 aromatic rings. The Morgan fingerprint density at radius 3 is 1.88 bits per heavy atom. The number of ether oxygens (including phenoxy) is 1. The van der Waals surface area contributed by atoms with Crippen LogP contribution in [-0.4, -0.2) is 41.3 Å². The predicted octanol–water partition coefficient (Wildman–Crippen LogP) is 10.4. The summed E-state index contributed by atoms with van der Waals surface area (Å²) in [6, 6.07) is 30.5. The van der Waals surface area contributed by atoms with Gasteiger partial charge in [-0.3, -0.25) is 0 Å². The summed E-state index contributed by atoms with van der Waals surface area (Å²) in [5, 5.41) is 1.92. The van der Waals surface area contributed by atoms with Crippen LogP contribution in [-0.2, 0) is 19.0 Å². The van der Waals surface area contributed by atoms with Gasteiger partial charge in [0.15, 0.2) is 9.84 Å². The van der Waals surface area contributed by atoms with Crippen LogP contribution in [0.1, 0.15) is 99.8 Å². The monoisotopic (exact) mass is 726 g/mol. The van der Waals surface area contributed by atoms with Gasteiger partial charge >= 0.3 is 0 Å². The van der Waals surface area contributed by atoms with Gasteiger partial charge in [-0.25, -0.2) is 8.42 Å². The minimum atomic E-state index is -3.54. The van der Waals surface area contributed by atoms with E-state index in [-0.39, 0.29) is 17.1 Å². The van der Waals surface area contributed by atoms with Crippen LogP contribution in [0.25, 0.3) is 0 Å². The van der Waals surface area contributed by atoms with E-state index in [0.29, 0.717) is 24.5 Å². The van der Waals surface area contributed by atoms with E-state index in [1.54, 1.807) is 12.1 Å². The topological polar surface area (TPSA) is 52.6 Å². The highest BCUT2D eigenvalue weighted by Gasteiger charge is 2.50. The zero-order valence-electron chi connectivity index (χ0n) is 32.2. The zero-order valence-corrected chi connectivity index (χ0v) is 34.1.